The molecule has 2 aromatic heterocycles. The van der Waals surface area contributed by atoms with Crippen molar-refractivity contribution in [3.05, 3.63) is 50.6 Å². The minimum Gasteiger partial charge on any atom is -0.469 e. The van der Waals surface area contributed by atoms with Gasteiger partial charge in [-0.1, -0.05) is 36.8 Å². The normalized spacial score (nSPS) is 16.0. The summed E-state index contributed by atoms with van der Waals surface area (Å²) in [7, 11) is 1.39. The third-order valence-electron chi connectivity index (χ3n) is 5.72. The Kier molecular flexibility index (Phi) is 5.54. The molecule has 29 heavy (non-hydrogen) atoms. The smallest absolute Gasteiger partial charge is 0.305 e. The van der Waals surface area contributed by atoms with Gasteiger partial charge in [-0.25, -0.2) is 4.98 Å². The molecule has 1 unspecified atom stereocenters. The van der Waals surface area contributed by atoms with Crippen molar-refractivity contribution in [1.82, 2.24) is 9.55 Å². The van der Waals surface area contributed by atoms with E-state index in [0.29, 0.717) is 24.7 Å². The molecule has 0 spiro atoms. The van der Waals surface area contributed by atoms with Crippen molar-refractivity contribution >= 4 is 27.5 Å². The van der Waals surface area contributed by atoms with Crippen molar-refractivity contribution in [2.45, 2.75) is 52.5 Å². The Morgan fingerprint density at radius 1 is 1.31 bits per heavy atom. The third-order valence-corrected chi connectivity index (χ3v) is 6.86. The molecule has 2 heterocycles. The van der Waals surface area contributed by atoms with Crippen LogP contribution in [-0.4, -0.2) is 22.6 Å². The number of benzene rings is 1. The number of nitrogens with zero attached hydrogens (tertiary/aromatic N) is 2. The maximum atomic E-state index is 13.6. The lowest BCUT2D eigenvalue weighted by Crippen LogP contribution is -2.24. The molecule has 0 aliphatic heterocycles. The van der Waals surface area contributed by atoms with Gasteiger partial charge in [0.15, 0.2) is 0 Å². The van der Waals surface area contributed by atoms with Crippen LogP contribution >= 0.6 is 11.3 Å². The lowest BCUT2D eigenvalue weighted by atomic mass is 9.89. The van der Waals surface area contributed by atoms with Gasteiger partial charge in [0.1, 0.15) is 10.7 Å². The molecule has 6 heteroatoms. The van der Waals surface area contributed by atoms with Crippen LogP contribution in [-0.2, 0) is 28.9 Å². The second kappa shape index (κ2) is 8.11. The van der Waals surface area contributed by atoms with Gasteiger partial charge in [-0.15, -0.1) is 11.3 Å². The molecule has 3 aromatic rings. The predicted molar refractivity (Wildman–Crippen MR) is 116 cm³/mol. The number of carbonyl (C=O) groups is 1. The van der Waals surface area contributed by atoms with Crippen molar-refractivity contribution in [3.63, 3.8) is 0 Å². The SMILES string of the molecule is COC(=O)CCCn1c(-c2ccc(C)cc2)nc2sc3c(c2c1=O)CCC(C)C3. The fraction of sp³-hybridized carbons (Fsp3) is 0.435. The molecular formula is C23H26N2O3S. The third kappa shape index (κ3) is 3.86. The Morgan fingerprint density at radius 2 is 2.07 bits per heavy atom. The summed E-state index contributed by atoms with van der Waals surface area (Å²) in [6.07, 6.45) is 3.91. The number of fused-ring (bicyclic) bond motifs is 3. The van der Waals surface area contributed by atoms with Crippen LogP contribution in [0.25, 0.3) is 21.6 Å². The van der Waals surface area contributed by atoms with Gasteiger partial charge in [-0.05, 0) is 44.1 Å². The molecular weight excluding hydrogens is 384 g/mol. The number of thiophene rings is 1. The van der Waals surface area contributed by atoms with Crippen molar-refractivity contribution in [1.29, 1.82) is 0 Å². The fourth-order valence-corrected chi connectivity index (χ4v) is 5.41. The number of aromatic nitrogens is 2. The van der Waals surface area contributed by atoms with E-state index >= 15 is 0 Å². The molecule has 0 fully saturated rings. The molecule has 152 valence electrons. The van der Waals surface area contributed by atoms with Crippen molar-refractivity contribution < 1.29 is 9.53 Å². The largest absolute Gasteiger partial charge is 0.469 e. The van der Waals surface area contributed by atoms with Gasteiger partial charge >= 0.3 is 5.97 Å². The van der Waals surface area contributed by atoms with E-state index in [0.717, 1.165) is 40.6 Å². The first-order chi connectivity index (χ1) is 14.0. The summed E-state index contributed by atoms with van der Waals surface area (Å²) in [4.78, 5) is 32.2. The van der Waals surface area contributed by atoms with Crippen molar-refractivity contribution in [3.8, 4) is 11.4 Å². The second-order valence-corrected chi connectivity index (χ2v) is 9.05. The van der Waals surface area contributed by atoms with E-state index in [-0.39, 0.29) is 17.9 Å². The Bertz CT molecular complexity index is 1110. The number of aryl methyl sites for hydroxylation is 2. The summed E-state index contributed by atoms with van der Waals surface area (Å²) in [6, 6.07) is 8.09. The Morgan fingerprint density at radius 3 is 2.79 bits per heavy atom. The lowest BCUT2D eigenvalue weighted by Gasteiger charge is -2.18. The highest BCUT2D eigenvalue weighted by molar-refractivity contribution is 7.18. The highest BCUT2D eigenvalue weighted by Gasteiger charge is 2.25. The van der Waals surface area contributed by atoms with Crippen LogP contribution in [0, 0.1) is 12.8 Å². The lowest BCUT2D eigenvalue weighted by molar-refractivity contribution is -0.140. The first-order valence-electron chi connectivity index (χ1n) is 10.2. The average molecular weight is 411 g/mol. The van der Waals surface area contributed by atoms with E-state index in [1.54, 1.807) is 15.9 Å². The van der Waals surface area contributed by atoms with E-state index in [1.165, 1.54) is 17.6 Å². The number of ether oxygens (including phenoxy) is 1. The molecule has 1 aliphatic carbocycles. The fourth-order valence-electron chi connectivity index (χ4n) is 4.04. The van der Waals surface area contributed by atoms with E-state index in [2.05, 4.69) is 6.92 Å². The molecule has 0 saturated carbocycles. The van der Waals surface area contributed by atoms with Gasteiger partial charge in [-0.3, -0.25) is 14.2 Å². The summed E-state index contributed by atoms with van der Waals surface area (Å²) in [5, 5.41) is 0.783. The first-order valence-corrected chi connectivity index (χ1v) is 11.0. The number of esters is 1. The number of methoxy groups -OCH3 is 1. The van der Waals surface area contributed by atoms with Crippen LogP contribution in [0.1, 0.15) is 42.2 Å². The average Bonchev–Trinajstić information content (AvgIpc) is 3.07. The quantitative estimate of drug-likeness (QED) is 0.581. The molecule has 0 saturated heterocycles. The zero-order chi connectivity index (χ0) is 20.5. The molecule has 1 aromatic carbocycles. The molecule has 0 radical (unpaired) electrons. The number of carbonyl (C=O) groups excluding carboxylic acids is 1. The van der Waals surface area contributed by atoms with E-state index in [9.17, 15) is 9.59 Å². The zero-order valence-electron chi connectivity index (χ0n) is 17.2. The highest BCUT2D eigenvalue weighted by Crippen LogP contribution is 2.36. The van der Waals surface area contributed by atoms with Gasteiger partial charge in [0, 0.05) is 23.4 Å². The van der Waals surface area contributed by atoms with E-state index in [4.69, 9.17) is 9.72 Å². The molecule has 1 aliphatic rings. The molecule has 4 rings (SSSR count). The van der Waals surface area contributed by atoms with Gasteiger partial charge in [0.25, 0.3) is 5.56 Å². The highest BCUT2D eigenvalue weighted by atomic mass is 32.1. The van der Waals surface area contributed by atoms with Crippen molar-refractivity contribution in [2.75, 3.05) is 7.11 Å². The molecule has 0 N–H and O–H groups in total. The van der Waals surface area contributed by atoms with Gasteiger partial charge in [0.05, 0.1) is 12.5 Å². The van der Waals surface area contributed by atoms with Crippen LogP contribution in [0.5, 0.6) is 0 Å². The predicted octanol–water partition coefficient (Wildman–Crippen LogP) is 4.51. The molecule has 0 amide bonds. The summed E-state index contributed by atoms with van der Waals surface area (Å²) in [5.74, 6) is 1.07. The maximum absolute atomic E-state index is 13.6. The van der Waals surface area contributed by atoms with Crippen LogP contribution in [0.4, 0.5) is 0 Å². The molecule has 1 atom stereocenters. The number of hydrogen-bond donors (Lipinski definition) is 0. The zero-order valence-corrected chi connectivity index (χ0v) is 18.0. The summed E-state index contributed by atoms with van der Waals surface area (Å²) in [5.41, 5.74) is 3.29. The molecule has 0 bridgehead atoms. The van der Waals surface area contributed by atoms with E-state index in [1.807, 2.05) is 31.2 Å². The Balaban J connectivity index is 1.84. The van der Waals surface area contributed by atoms with Gasteiger partial charge in [-0.2, -0.15) is 0 Å². The minimum atomic E-state index is -0.258. The Hall–Kier alpha value is -2.47. The standard InChI is InChI=1S/C23H26N2O3S/c1-14-6-9-16(10-7-14)21-24-22-20(17-11-8-15(2)13-18(17)29-22)23(27)25(21)12-4-5-19(26)28-3/h6-7,9-10,15H,4-5,8,11-13H2,1-3H3. The maximum Gasteiger partial charge on any atom is 0.305 e. The van der Waals surface area contributed by atoms with Gasteiger partial charge in [0.2, 0.25) is 0 Å². The topological polar surface area (TPSA) is 61.2 Å². The molecule has 5 nitrogen and oxygen atoms in total. The minimum absolute atomic E-state index is 0.0162. The van der Waals surface area contributed by atoms with Crippen LogP contribution in [0.15, 0.2) is 29.1 Å². The van der Waals surface area contributed by atoms with Gasteiger partial charge < -0.3 is 4.74 Å². The number of rotatable bonds is 5. The monoisotopic (exact) mass is 410 g/mol. The second-order valence-electron chi connectivity index (χ2n) is 7.97. The number of hydrogen-bond acceptors (Lipinski definition) is 5. The van der Waals surface area contributed by atoms with Crippen LogP contribution < -0.4 is 5.56 Å². The first kappa shape index (κ1) is 19.8. The summed E-state index contributed by atoms with van der Waals surface area (Å²) in [6.45, 7) is 4.75. The van der Waals surface area contributed by atoms with Crippen molar-refractivity contribution in [2.24, 2.45) is 5.92 Å². The van der Waals surface area contributed by atoms with E-state index < -0.39 is 0 Å². The van der Waals surface area contributed by atoms with Crippen LogP contribution in [0.2, 0.25) is 0 Å². The van der Waals surface area contributed by atoms with Crippen LogP contribution in [0.3, 0.4) is 0 Å². The summed E-state index contributed by atoms with van der Waals surface area (Å²) < 4.78 is 6.50. The summed E-state index contributed by atoms with van der Waals surface area (Å²) >= 11 is 1.67. The Labute approximate surface area is 174 Å².